The first kappa shape index (κ1) is 23.7. The maximum Gasteiger partial charge on any atom is 0.223 e. The SMILES string of the molecule is C=C(CNC(=C)[C@H](CC(C)C)NC(=O)C(C)CCC(N)=O)NCC(C)=O. The number of carbonyl (C=O) groups excluding carboxylic acids is 3. The van der Waals surface area contributed by atoms with E-state index in [0.29, 0.717) is 30.3 Å². The van der Waals surface area contributed by atoms with Crippen molar-refractivity contribution in [1.29, 1.82) is 0 Å². The minimum atomic E-state index is -0.411. The van der Waals surface area contributed by atoms with Crippen LogP contribution in [-0.2, 0) is 14.4 Å². The molecule has 0 radical (unpaired) electrons. The van der Waals surface area contributed by atoms with Crippen LogP contribution in [0.3, 0.4) is 0 Å². The molecule has 0 aromatic heterocycles. The van der Waals surface area contributed by atoms with Crippen molar-refractivity contribution in [2.75, 3.05) is 13.1 Å². The van der Waals surface area contributed by atoms with Gasteiger partial charge in [0.2, 0.25) is 11.8 Å². The van der Waals surface area contributed by atoms with Gasteiger partial charge in [0, 0.05) is 23.7 Å². The number of ketones is 1. The minimum absolute atomic E-state index is 0.0277. The van der Waals surface area contributed by atoms with E-state index in [0.717, 1.165) is 6.42 Å². The number of nitrogens with one attached hydrogen (secondary N) is 3. The molecule has 0 aliphatic carbocycles. The zero-order valence-electron chi connectivity index (χ0n) is 16.5. The first-order valence-electron chi connectivity index (χ1n) is 8.95. The molecule has 0 rings (SSSR count). The van der Waals surface area contributed by atoms with E-state index in [9.17, 15) is 14.4 Å². The molecule has 148 valence electrons. The summed E-state index contributed by atoms with van der Waals surface area (Å²) in [5, 5.41) is 9.06. The highest BCUT2D eigenvalue weighted by atomic mass is 16.2. The normalized spacial score (nSPS) is 12.8. The van der Waals surface area contributed by atoms with Crippen molar-refractivity contribution in [3.05, 3.63) is 24.6 Å². The lowest BCUT2D eigenvalue weighted by molar-refractivity contribution is -0.125. The molecular weight excluding hydrogens is 332 g/mol. The average molecular weight is 367 g/mol. The first-order valence-corrected chi connectivity index (χ1v) is 8.95. The zero-order valence-corrected chi connectivity index (χ0v) is 16.5. The van der Waals surface area contributed by atoms with Crippen molar-refractivity contribution in [3.63, 3.8) is 0 Å². The summed E-state index contributed by atoms with van der Waals surface area (Å²) in [5.74, 6) is -0.463. The van der Waals surface area contributed by atoms with E-state index in [1.54, 1.807) is 6.92 Å². The fraction of sp³-hybridized carbons (Fsp3) is 0.632. The number of Topliss-reactive ketones (excluding diaryl/α,β-unsaturated/α-hetero) is 1. The van der Waals surface area contributed by atoms with Crippen LogP contribution in [0.15, 0.2) is 24.6 Å². The standard InChI is InChI=1S/C19H34N4O3/c1-12(2)9-17(23-19(26)13(3)7-8-18(20)25)16(6)22-10-14(4)21-11-15(5)24/h12-13,17,21-22H,4,6-11H2,1-3,5H3,(H2,20,25)(H,23,26)/t13?,17-/m0/s1. The van der Waals surface area contributed by atoms with Gasteiger partial charge in [0.25, 0.3) is 0 Å². The van der Waals surface area contributed by atoms with E-state index in [4.69, 9.17) is 5.73 Å². The molecule has 0 bridgehead atoms. The Balaban J connectivity index is 4.63. The summed E-state index contributed by atoms with van der Waals surface area (Å²) >= 11 is 0. The van der Waals surface area contributed by atoms with Crippen molar-refractivity contribution in [1.82, 2.24) is 16.0 Å². The molecule has 5 N–H and O–H groups in total. The van der Waals surface area contributed by atoms with Crippen LogP contribution in [0.1, 0.15) is 47.0 Å². The molecule has 0 heterocycles. The summed E-state index contributed by atoms with van der Waals surface area (Å²) in [6, 6.07) is -0.237. The lowest BCUT2D eigenvalue weighted by atomic mass is 9.99. The first-order chi connectivity index (χ1) is 12.0. The Bertz CT molecular complexity index is 529. The van der Waals surface area contributed by atoms with Gasteiger partial charge in [-0.05, 0) is 25.7 Å². The monoisotopic (exact) mass is 366 g/mol. The second-order valence-electron chi connectivity index (χ2n) is 7.13. The molecule has 26 heavy (non-hydrogen) atoms. The van der Waals surface area contributed by atoms with Gasteiger partial charge in [-0.2, -0.15) is 0 Å². The molecule has 0 aliphatic rings. The molecule has 0 spiro atoms. The quantitative estimate of drug-likeness (QED) is 0.369. The summed E-state index contributed by atoms with van der Waals surface area (Å²) in [4.78, 5) is 34.2. The topological polar surface area (TPSA) is 113 Å². The molecule has 2 amide bonds. The van der Waals surface area contributed by atoms with Crippen molar-refractivity contribution >= 4 is 17.6 Å². The van der Waals surface area contributed by atoms with Gasteiger partial charge in [0.05, 0.1) is 19.1 Å². The van der Waals surface area contributed by atoms with E-state index < -0.39 is 5.91 Å². The van der Waals surface area contributed by atoms with Gasteiger partial charge in [-0.1, -0.05) is 33.9 Å². The molecule has 0 aromatic rings. The largest absolute Gasteiger partial charge is 0.382 e. The van der Waals surface area contributed by atoms with Crippen LogP contribution in [0.4, 0.5) is 0 Å². The maximum atomic E-state index is 12.4. The summed E-state index contributed by atoms with van der Waals surface area (Å²) in [6.07, 6.45) is 1.33. The molecule has 0 aromatic carbocycles. The third-order valence-electron chi connectivity index (χ3n) is 3.83. The van der Waals surface area contributed by atoms with E-state index in [-0.39, 0.29) is 36.6 Å². The maximum absolute atomic E-state index is 12.4. The molecule has 0 fully saturated rings. The second-order valence-corrected chi connectivity index (χ2v) is 7.13. The number of carbonyl (C=O) groups is 3. The number of rotatable bonds is 14. The second kappa shape index (κ2) is 12.1. The van der Waals surface area contributed by atoms with Gasteiger partial charge in [0.1, 0.15) is 5.78 Å². The van der Waals surface area contributed by atoms with Crippen LogP contribution in [0.5, 0.6) is 0 Å². The average Bonchev–Trinajstić information content (AvgIpc) is 2.54. The van der Waals surface area contributed by atoms with Gasteiger partial charge in [-0.3, -0.25) is 14.4 Å². The fourth-order valence-corrected chi connectivity index (χ4v) is 2.22. The lowest BCUT2D eigenvalue weighted by Crippen LogP contribution is -2.43. The Hall–Kier alpha value is -2.31. The number of hydrogen-bond acceptors (Lipinski definition) is 5. The number of primary amides is 1. The zero-order chi connectivity index (χ0) is 20.3. The minimum Gasteiger partial charge on any atom is -0.382 e. The van der Waals surface area contributed by atoms with E-state index in [1.165, 1.54) is 6.92 Å². The third kappa shape index (κ3) is 11.3. The summed E-state index contributed by atoms with van der Waals surface area (Å²) < 4.78 is 0. The Morgan fingerprint density at radius 2 is 1.65 bits per heavy atom. The van der Waals surface area contributed by atoms with Crippen LogP contribution in [0, 0.1) is 11.8 Å². The van der Waals surface area contributed by atoms with Gasteiger partial charge in [-0.25, -0.2) is 0 Å². The molecule has 0 saturated carbocycles. The Morgan fingerprint density at radius 1 is 1.04 bits per heavy atom. The number of amides is 2. The lowest BCUT2D eigenvalue weighted by Gasteiger charge is -2.26. The van der Waals surface area contributed by atoms with E-state index >= 15 is 0 Å². The van der Waals surface area contributed by atoms with Crippen molar-refractivity contribution in [2.24, 2.45) is 17.6 Å². The van der Waals surface area contributed by atoms with Gasteiger partial charge in [-0.15, -0.1) is 0 Å². The van der Waals surface area contributed by atoms with E-state index in [1.807, 2.05) is 0 Å². The number of nitrogens with two attached hydrogens (primary N) is 1. The molecule has 7 nitrogen and oxygen atoms in total. The van der Waals surface area contributed by atoms with Gasteiger partial charge >= 0.3 is 0 Å². The number of hydrogen-bond donors (Lipinski definition) is 4. The summed E-state index contributed by atoms with van der Waals surface area (Å²) in [5.41, 5.74) is 6.49. The van der Waals surface area contributed by atoms with E-state index in [2.05, 4.69) is 43.0 Å². The van der Waals surface area contributed by atoms with Crippen LogP contribution >= 0.6 is 0 Å². The smallest absolute Gasteiger partial charge is 0.223 e. The predicted octanol–water partition coefficient (Wildman–Crippen LogP) is 1.21. The van der Waals surface area contributed by atoms with Gasteiger partial charge in [0.15, 0.2) is 0 Å². The molecule has 2 atom stereocenters. The van der Waals surface area contributed by atoms with Crippen LogP contribution < -0.4 is 21.7 Å². The molecule has 1 unspecified atom stereocenters. The third-order valence-corrected chi connectivity index (χ3v) is 3.83. The molecule has 7 heteroatoms. The Kier molecular flexibility index (Phi) is 11.0. The highest BCUT2D eigenvalue weighted by Crippen LogP contribution is 2.13. The highest BCUT2D eigenvalue weighted by molar-refractivity contribution is 5.80. The highest BCUT2D eigenvalue weighted by Gasteiger charge is 2.21. The van der Waals surface area contributed by atoms with Crippen LogP contribution in [0.25, 0.3) is 0 Å². The fourth-order valence-electron chi connectivity index (χ4n) is 2.22. The summed E-state index contributed by atoms with van der Waals surface area (Å²) in [7, 11) is 0. The Labute approximate surface area is 156 Å². The Morgan fingerprint density at radius 3 is 2.15 bits per heavy atom. The molecule has 0 saturated heterocycles. The van der Waals surface area contributed by atoms with Crippen molar-refractivity contribution in [2.45, 2.75) is 53.0 Å². The van der Waals surface area contributed by atoms with Crippen LogP contribution in [0.2, 0.25) is 0 Å². The van der Waals surface area contributed by atoms with Crippen LogP contribution in [-0.4, -0.2) is 36.7 Å². The van der Waals surface area contributed by atoms with Crippen molar-refractivity contribution < 1.29 is 14.4 Å². The predicted molar refractivity (Wildman–Crippen MR) is 104 cm³/mol. The van der Waals surface area contributed by atoms with Gasteiger partial charge < -0.3 is 21.7 Å². The summed E-state index contributed by atoms with van der Waals surface area (Å²) in [6.45, 7) is 15.9. The van der Waals surface area contributed by atoms with Crippen molar-refractivity contribution in [3.8, 4) is 0 Å². The molecular formula is C19H34N4O3. The molecule has 0 aliphatic heterocycles.